The van der Waals surface area contributed by atoms with Crippen LogP contribution in [0.15, 0.2) is 0 Å². The number of halogens is 3. The third kappa shape index (κ3) is 1.64. The minimum absolute atomic E-state index is 0.279. The SMILES string of the molecule is CCCCC1C(Cl)(Cl)C1(Cl)[Se]C. The van der Waals surface area contributed by atoms with Crippen LogP contribution in [0.5, 0.6) is 0 Å². The van der Waals surface area contributed by atoms with Crippen LogP contribution in [0.1, 0.15) is 26.2 Å². The second-order valence-electron chi connectivity index (χ2n) is 3.17. The molecule has 0 radical (unpaired) electrons. The molecule has 4 heteroatoms. The third-order valence-corrected chi connectivity index (χ3v) is 8.11. The molecule has 0 amide bonds. The van der Waals surface area contributed by atoms with Crippen molar-refractivity contribution in [3.05, 3.63) is 0 Å². The first-order chi connectivity index (χ1) is 5.50. The first kappa shape index (κ1) is 11.5. The summed E-state index contributed by atoms with van der Waals surface area (Å²) < 4.78 is -0.920. The van der Waals surface area contributed by atoms with E-state index in [4.69, 9.17) is 34.8 Å². The number of hydrogen-bond acceptors (Lipinski definition) is 0. The first-order valence-electron chi connectivity index (χ1n) is 4.12. The average molecular weight is 295 g/mol. The van der Waals surface area contributed by atoms with Crippen molar-refractivity contribution in [2.24, 2.45) is 5.92 Å². The fraction of sp³-hybridized carbons (Fsp3) is 1.00. The first-order valence-corrected chi connectivity index (χ1v) is 7.83. The molecule has 0 bridgehead atoms. The zero-order chi connectivity index (χ0) is 9.41. The van der Waals surface area contributed by atoms with Crippen LogP contribution >= 0.6 is 34.8 Å². The van der Waals surface area contributed by atoms with E-state index in [1.807, 2.05) is 0 Å². The Morgan fingerprint density at radius 2 is 1.92 bits per heavy atom. The van der Waals surface area contributed by atoms with Crippen LogP contribution in [-0.4, -0.2) is 23.1 Å². The van der Waals surface area contributed by atoms with E-state index < -0.39 is 4.33 Å². The van der Waals surface area contributed by atoms with E-state index in [2.05, 4.69) is 12.7 Å². The molecule has 0 aromatic rings. The Hall–Kier alpha value is 1.39. The van der Waals surface area contributed by atoms with E-state index in [0.717, 1.165) is 6.42 Å². The summed E-state index contributed by atoms with van der Waals surface area (Å²) in [5, 5.41) is 0. The van der Waals surface area contributed by atoms with Gasteiger partial charge in [-0.2, -0.15) is 0 Å². The summed E-state index contributed by atoms with van der Waals surface area (Å²) in [7, 11) is 0. The van der Waals surface area contributed by atoms with Gasteiger partial charge in [-0.1, -0.05) is 0 Å². The molecule has 1 aliphatic rings. The predicted octanol–water partition coefficient (Wildman–Crippen LogP) is 3.67. The van der Waals surface area contributed by atoms with Gasteiger partial charge in [0, 0.05) is 0 Å². The fourth-order valence-electron chi connectivity index (χ4n) is 1.47. The molecule has 1 fully saturated rings. The summed E-state index contributed by atoms with van der Waals surface area (Å²) in [6.45, 7) is 2.17. The molecular weight excluding hydrogens is 281 g/mol. The Labute approximate surface area is 95.5 Å². The van der Waals surface area contributed by atoms with Crippen LogP contribution in [-0.2, 0) is 0 Å². The maximum atomic E-state index is 6.29. The van der Waals surface area contributed by atoms with E-state index in [-0.39, 0.29) is 3.77 Å². The van der Waals surface area contributed by atoms with Crippen molar-refractivity contribution in [3.8, 4) is 0 Å². The molecule has 12 heavy (non-hydrogen) atoms. The molecule has 0 spiro atoms. The van der Waals surface area contributed by atoms with Crippen LogP contribution in [0.25, 0.3) is 0 Å². The second-order valence-corrected chi connectivity index (χ2v) is 7.86. The average Bonchev–Trinajstić information content (AvgIpc) is 2.45. The number of unbranched alkanes of at least 4 members (excludes halogenated alkanes) is 1. The molecule has 1 rings (SSSR count). The van der Waals surface area contributed by atoms with Gasteiger partial charge in [0.15, 0.2) is 0 Å². The monoisotopic (exact) mass is 294 g/mol. The van der Waals surface area contributed by atoms with E-state index in [1.165, 1.54) is 12.8 Å². The Kier molecular flexibility index (Phi) is 3.69. The molecule has 0 N–H and O–H groups in total. The van der Waals surface area contributed by atoms with Crippen molar-refractivity contribution in [2.75, 3.05) is 0 Å². The second kappa shape index (κ2) is 3.87. The van der Waals surface area contributed by atoms with Gasteiger partial charge in [-0.15, -0.1) is 0 Å². The van der Waals surface area contributed by atoms with Crippen molar-refractivity contribution in [1.82, 2.24) is 0 Å². The van der Waals surface area contributed by atoms with Crippen LogP contribution in [0.2, 0.25) is 5.82 Å². The molecule has 0 heterocycles. The van der Waals surface area contributed by atoms with Gasteiger partial charge in [-0.25, -0.2) is 0 Å². The van der Waals surface area contributed by atoms with Crippen LogP contribution < -0.4 is 0 Å². The van der Waals surface area contributed by atoms with Gasteiger partial charge in [0.25, 0.3) is 0 Å². The predicted molar refractivity (Wildman–Crippen MR) is 57.7 cm³/mol. The van der Waals surface area contributed by atoms with Crippen molar-refractivity contribution in [3.63, 3.8) is 0 Å². The van der Waals surface area contributed by atoms with Gasteiger partial charge in [0.1, 0.15) is 0 Å². The Morgan fingerprint density at radius 1 is 1.33 bits per heavy atom. The van der Waals surface area contributed by atoms with Gasteiger partial charge in [-0.05, 0) is 0 Å². The van der Waals surface area contributed by atoms with Crippen LogP contribution in [0.4, 0.5) is 0 Å². The Bertz CT molecular complexity index is 172. The summed E-state index contributed by atoms with van der Waals surface area (Å²) in [6, 6.07) is 0. The van der Waals surface area contributed by atoms with E-state index in [1.54, 1.807) is 0 Å². The fourth-order valence-corrected chi connectivity index (χ4v) is 5.68. The molecule has 2 unspecified atom stereocenters. The van der Waals surface area contributed by atoms with Crippen molar-refractivity contribution in [1.29, 1.82) is 0 Å². The zero-order valence-electron chi connectivity index (χ0n) is 7.24. The topological polar surface area (TPSA) is 0 Å². The summed E-state index contributed by atoms with van der Waals surface area (Å²) in [5.41, 5.74) is 0. The molecule has 0 aliphatic heterocycles. The van der Waals surface area contributed by atoms with E-state index in [0.29, 0.717) is 20.9 Å². The molecule has 72 valence electrons. The maximum absolute atomic E-state index is 6.29. The molecule has 2 atom stereocenters. The van der Waals surface area contributed by atoms with Gasteiger partial charge in [0.2, 0.25) is 0 Å². The summed E-state index contributed by atoms with van der Waals surface area (Å²) in [6.07, 6.45) is 3.43. The summed E-state index contributed by atoms with van der Waals surface area (Å²) in [5.74, 6) is 2.42. The zero-order valence-corrected chi connectivity index (χ0v) is 11.2. The van der Waals surface area contributed by atoms with Gasteiger partial charge >= 0.3 is 95.8 Å². The Morgan fingerprint density at radius 3 is 2.25 bits per heavy atom. The van der Waals surface area contributed by atoms with Crippen molar-refractivity contribution >= 4 is 49.8 Å². The standard InChI is InChI=1S/C8H13Cl3Se/c1-3-4-5-6-7(9,10)8(6,11)12-2/h6H,3-5H2,1-2H3. The van der Waals surface area contributed by atoms with E-state index in [9.17, 15) is 0 Å². The summed E-state index contributed by atoms with van der Waals surface area (Å²) in [4.78, 5) is 0. The number of rotatable bonds is 4. The van der Waals surface area contributed by atoms with Crippen molar-refractivity contribution < 1.29 is 0 Å². The third-order valence-electron chi connectivity index (χ3n) is 2.40. The van der Waals surface area contributed by atoms with Crippen molar-refractivity contribution in [2.45, 2.75) is 40.1 Å². The number of alkyl halides is 3. The van der Waals surface area contributed by atoms with Gasteiger partial charge < -0.3 is 0 Å². The van der Waals surface area contributed by atoms with Gasteiger partial charge in [-0.3, -0.25) is 0 Å². The van der Waals surface area contributed by atoms with Crippen LogP contribution in [0, 0.1) is 5.92 Å². The molecular formula is C8H13Cl3Se. The molecule has 1 saturated carbocycles. The molecule has 0 nitrogen and oxygen atoms in total. The summed E-state index contributed by atoms with van der Waals surface area (Å²) >= 11 is 18.8. The number of hydrogen-bond donors (Lipinski definition) is 0. The van der Waals surface area contributed by atoms with Crippen LogP contribution in [0.3, 0.4) is 0 Å². The Balaban J connectivity index is 2.48. The molecule has 0 aromatic carbocycles. The van der Waals surface area contributed by atoms with E-state index >= 15 is 0 Å². The molecule has 0 aromatic heterocycles. The minimum atomic E-state index is -0.640. The quantitative estimate of drug-likeness (QED) is 0.548. The molecule has 0 saturated heterocycles. The normalized spacial score (nSPS) is 38.2. The van der Waals surface area contributed by atoms with Gasteiger partial charge in [0.05, 0.1) is 0 Å². The molecule has 1 aliphatic carbocycles.